The molecular weight excluding hydrogens is 214 g/mol. The summed E-state index contributed by atoms with van der Waals surface area (Å²) >= 11 is 0. The summed E-state index contributed by atoms with van der Waals surface area (Å²) in [4.78, 5) is 16.6. The summed E-state index contributed by atoms with van der Waals surface area (Å²) in [6.45, 7) is 7.24. The molecule has 3 atom stereocenters. The molecule has 2 heterocycles. The van der Waals surface area contributed by atoms with Crippen molar-refractivity contribution in [1.82, 2.24) is 15.1 Å². The second-order valence-corrected chi connectivity index (χ2v) is 5.88. The van der Waals surface area contributed by atoms with Gasteiger partial charge in [0, 0.05) is 26.7 Å². The average molecular weight is 239 g/mol. The van der Waals surface area contributed by atoms with E-state index in [9.17, 15) is 4.79 Å². The Morgan fingerprint density at radius 3 is 2.76 bits per heavy atom. The van der Waals surface area contributed by atoms with Crippen LogP contribution in [-0.4, -0.2) is 62.5 Å². The minimum atomic E-state index is 0.194. The predicted octanol–water partition coefficient (Wildman–Crippen LogP) is 0.252. The summed E-state index contributed by atoms with van der Waals surface area (Å²) in [6, 6.07) is 0. The molecule has 4 heteroatoms. The molecule has 2 rings (SSSR count). The highest BCUT2D eigenvalue weighted by molar-refractivity contribution is 5.79. The van der Waals surface area contributed by atoms with Crippen LogP contribution in [0, 0.1) is 17.8 Å². The van der Waals surface area contributed by atoms with Crippen LogP contribution in [0.4, 0.5) is 0 Å². The normalized spacial score (nSPS) is 34.2. The highest BCUT2D eigenvalue weighted by atomic mass is 16.2. The van der Waals surface area contributed by atoms with Crippen LogP contribution in [-0.2, 0) is 4.79 Å². The van der Waals surface area contributed by atoms with E-state index in [0.29, 0.717) is 17.7 Å². The molecule has 2 saturated heterocycles. The summed E-state index contributed by atoms with van der Waals surface area (Å²) in [7, 11) is 4.12. The van der Waals surface area contributed by atoms with Gasteiger partial charge in [0.1, 0.15) is 0 Å². The lowest BCUT2D eigenvalue weighted by molar-refractivity contribution is -0.135. The Morgan fingerprint density at radius 1 is 1.47 bits per heavy atom. The second kappa shape index (κ2) is 5.36. The van der Waals surface area contributed by atoms with Gasteiger partial charge in [-0.2, -0.15) is 0 Å². The number of nitrogens with one attached hydrogen (secondary N) is 1. The predicted molar refractivity (Wildman–Crippen MR) is 68.8 cm³/mol. The number of hydrogen-bond donors (Lipinski definition) is 1. The monoisotopic (exact) mass is 239 g/mol. The zero-order chi connectivity index (χ0) is 12.4. The first-order valence-electron chi connectivity index (χ1n) is 6.72. The van der Waals surface area contributed by atoms with Crippen molar-refractivity contribution < 1.29 is 4.79 Å². The molecule has 17 heavy (non-hydrogen) atoms. The van der Waals surface area contributed by atoms with Crippen LogP contribution in [0.3, 0.4) is 0 Å². The molecule has 2 fully saturated rings. The van der Waals surface area contributed by atoms with Crippen LogP contribution in [0.2, 0.25) is 0 Å². The number of carbonyl (C=O) groups excluding carboxylic acids is 1. The van der Waals surface area contributed by atoms with Crippen LogP contribution in [0.25, 0.3) is 0 Å². The van der Waals surface area contributed by atoms with Gasteiger partial charge in [0.25, 0.3) is 0 Å². The minimum absolute atomic E-state index is 0.194. The molecule has 4 nitrogen and oxygen atoms in total. The molecule has 0 aromatic heterocycles. The molecule has 0 bridgehead atoms. The fourth-order valence-corrected chi connectivity index (χ4v) is 3.08. The molecule has 0 spiro atoms. The number of amides is 1. The molecule has 2 aliphatic heterocycles. The van der Waals surface area contributed by atoms with Crippen molar-refractivity contribution in [3.8, 4) is 0 Å². The van der Waals surface area contributed by atoms with Gasteiger partial charge >= 0.3 is 0 Å². The van der Waals surface area contributed by atoms with Crippen molar-refractivity contribution in [2.24, 2.45) is 17.8 Å². The Bertz CT molecular complexity index is 282. The molecule has 0 aromatic rings. The molecular formula is C13H25N3O. The minimum Gasteiger partial charge on any atom is -0.345 e. The lowest BCUT2D eigenvalue weighted by Crippen LogP contribution is -2.39. The summed E-state index contributed by atoms with van der Waals surface area (Å²) < 4.78 is 0. The maximum Gasteiger partial charge on any atom is 0.227 e. The third-order valence-corrected chi connectivity index (χ3v) is 4.23. The van der Waals surface area contributed by atoms with E-state index in [-0.39, 0.29) is 5.92 Å². The fourth-order valence-electron chi connectivity index (χ4n) is 3.08. The largest absolute Gasteiger partial charge is 0.345 e. The quantitative estimate of drug-likeness (QED) is 0.767. The van der Waals surface area contributed by atoms with Crippen LogP contribution in [0.1, 0.15) is 13.3 Å². The molecule has 98 valence electrons. The molecule has 0 aliphatic carbocycles. The highest BCUT2D eigenvalue weighted by Gasteiger charge is 2.32. The van der Waals surface area contributed by atoms with Gasteiger partial charge in [-0.25, -0.2) is 0 Å². The van der Waals surface area contributed by atoms with Crippen molar-refractivity contribution in [2.75, 3.05) is 46.8 Å². The standard InChI is InChI=1S/C13H25N3O/c1-10-6-14-7-12(10)13(17)16(3)9-11-4-5-15(2)8-11/h10-12,14H,4-9H2,1-3H3/t10-,11?,12-/m1/s1. The topological polar surface area (TPSA) is 35.6 Å². The first kappa shape index (κ1) is 12.8. The van der Waals surface area contributed by atoms with Gasteiger partial charge in [0.05, 0.1) is 5.92 Å². The SMILES string of the molecule is C[C@@H]1CNC[C@H]1C(=O)N(C)CC1CCN(C)C1. The maximum absolute atomic E-state index is 12.3. The molecule has 1 N–H and O–H groups in total. The molecule has 1 amide bonds. The second-order valence-electron chi connectivity index (χ2n) is 5.88. The number of likely N-dealkylation sites (tertiary alicyclic amines) is 1. The molecule has 0 aromatic carbocycles. The van der Waals surface area contributed by atoms with Crippen LogP contribution in [0.5, 0.6) is 0 Å². The van der Waals surface area contributed by atoms with Gasteiger partial charge in [-0.3, -0.25) is 4.79 Å². The van der Waals surface area contributed by atoms with E-state index in [1.165, 1.54) is 13.0 Å². The Balaban J connectivity index is 1.82. The molecule has 1 unspecified atom stereocenters. The van der Waals surface area contributed by atoms with Gasteiger partial charge < -0.3 is 15.1 Å². The highest BCUT2D eigenvalue weighted by Crippen LogP contribution is 2.20. The Labute approximate surface area is 104 Å². The van der Waals surface area contributed by atoms with E-state index in [4.69, 9.17) is 0 Å². The van der Waals surface area contributed by atoms with E-state index in [1.54, 1.807) is 0 Å². The van der Waals surface area contributed by atoms with Gasteiger partial charge in [0.2, 0.25) is 5.91 Å². The molecule has 0 radical (unpaired) electrons. The smallest absolute Gasteiger partial charge is 0.227 e. The lowest BCUT2D eigenvalue weighted by atomic mass is 9.96. The van der Waals surface area contributed by atoms with Crippen molar-refractivity contribution in [3.63, 3.8) is 0 Å². The number of nitrogens with zero attached hydrogens (tertiary/aromatic N) is 2. The fraction of sp³-hybridized carbons (Fsp3) is 0.923. The van der Waals surface area contributed by atoms with Gasteiger partial charge in [-0.1, -0.05) is 6.92 Å². The summed E-state index contributed by atoms with van der Waals surface area (Å²) in [5, 5.41) is 3.30. The number of hydrogen-bond acceptors (Lipinski definition) is 3. The lowest BCUT2D eigenvalue weighted by Gasteiger charge is -2.25. The molecule has 2 aliphatic rings. The first-order valence-corrected chi connectivity index (χ1v) is 6.72. The summed E-state index contributed by atoms with van der Waals surface area (Å²) in [5.74, 6) is 1.67. The van der Waals surface area contributed by atoms with Crippen LogP contribution >= 0.6 is 0 Å². The van der Waals surface area contributed by atoms with E-state index >= 15 is 0 Å². The van der Waals surface area contributed by atoms with E-state index in [2.05, 4.69) is 24.2 Å². The Morgan fingerprint density at radius 2 is 2.24 bits per heavy atom. The summed E-state index contributed by atoms with van der Waals surface area (Å²) in [6.07, 6.45) is 1.23. The summed E-state index contributed by atoms with van der Waals surface area (Å²) in [5.41, 5.74) is 0. The van der Waals surface area contributed by atoms with Gasteiger partial charge in [-0.15, -0.1) is 0 Å². The van der Waals surface area contributed by atoms with Crippen molar-refractivity contribution in [1.29, 1.82) is 0 Å². The zero-order valence-corrected chi connectivity index (χ0v) is 11.3. The average Bonchev–Trinajstić information content (AvgIpc) is 2.86. The maximum atomic E-state index is 12.3. The van der Waals surface area contributed by atoms with E-state index in [1.807, 2.05) is 11.9 Å². The van der Waals surface area contributed by atoms with Gasteiger partial charge in [0.15, 0.2) is 0 Å². The van der Waals surface area contributed by atoms with Crippen molar-refractivity contribution in [3.05, 3.63) is 0 Å². The van der Waals surface area contributed by atoms with Crippen LogP contribution in [0.15, 0.2) is 0 Å². The van der Waals surface area contributed by atoms with Gasteiger partial charge in [-0.05, 0) is 38.4 Å². The number of carbonyl (C=O) groups is 1. The van der Waals surface area contributed by atoms with Crippen molar-refractivity contribution in [2.45, 2.75) is 13.3 Å². The Kier molecular flexibility index (Phi) is 4.05. The number of rotatable bonds is 3. The zero-order valence-electron chi connectivity index (χ0n) is 11.3. The van der Waals surface area contributed by atoms with Crippen molar-refractivity contribution >= 4 is 5.91 Å². The molecule has 0 saturated carbocycles. The third-order valence-electron chi connectivity index (χ3n) is 4.23. The van der Waals surface area contributed by atoms with E-state index in [0.717, 1.165) is 26.2 Å². The third kappa shape index (κ3) is 2.99. The van der Waals surface area contributed by atoms with Crippen LogP contribution < -0.4 is 5.32 Å². The Hall–Kier alpha value is -0.610. The first-order chi connectivity index (χ1) is 8.08. The van der Waals surface area contributed by atoms with E-state index < -0.39 is 0 Å².